The van der Waals surface area contributed by atoms with Crippen molar-refractivity contribution >= 4 is 29.1 Å². The van der Waals surface area contributed by atoms with Crippen molar-refractivity contribution < 1.29 is 4.79 Å². The third-order valence-electron chi connectivity index (χ3n) is 3.54. The summed E-state index contributed by atoms with van der Waals surface area (Å²) in [5, 5.41) is 4.84. The van der Waals surface area contributed by atoms with Crippen molar-refractivity contribution in [1.29, 1.82) is 0 Å². The molecule has 19 heavy (non-hydrogen) atoms. The zero-order valence-corrected chi connectivity index (χ0v) is 12.5. The van der Waals surface area contributed by atoms with E-state index in [1.54, 1.807) is 13.0 Å². The molecule has 104 valence electrons. The molecule has 0 bridgehead atoms. The Balaban J connectivity index is 1.82. The molecule has 0 saturated carbocycles. The lowest BCUT2D eigenvalue weighted by Gasteiger charge is -2.31. The number of carbonyl (C=O) groups excluding carboxylic acids is 1. The minimum Gasteiger partial charge on any atom is -0.343 e. The second-order valence-corrected chi connectivity index (χ2v) is 5.74. The predicted molar refractivity (Wildman–Crippen MR) is 78.6 cm³/mol. The van der Waals surface area contributed by atoms with E-state index in [1.165, 1.54) is 0 Å². The van der Waals surface area contributed by atoms with Crippen LogP contribution in [0.1, 0.15) is 25.3 Å². The van der Waals surface area contributed by atoms with Gasteiger partial charge in [0, 0.05) is 42.6 Å². The van der Waals surface area contributed by atoms with Gasteiger partial charge in [-0.2, -0.15) is 0 Å². The van der Waals surface area contributed by atoms with E-state index in [-0.39, 0.29) is 5.91 Å². The molecular weight excluding hydrogens is 283 g/mol. The molecule has 1 heterocycles. The molecule has 1 aliphatic heterocycles. The Kier molecular flexibility index (Phi) is 5.08. The van der Waals surface area contributed by atoms with Crippen molar-refractivity contribution in [1.82, 2.24) is 10.2 Å². The number of nitrogens with one attached hydrogen (secondary N) is 1. The first kappa shape index (κ1) is 14.6. The third-order valence-corrected chi connectivity index (χ3v) is 4.12. The molecule has 2 rings (SSSR count). The average Bonchev–Trinajstić information content (AvgIpc) is 2.38. The van der Waals surface area contributed by atoms with Crippen molar-refractivity contribution in [2.24, 2.45) is 0 Å². The maximum Gasteiger partial charge on any atom is 0.219 e. The van der Waals surface area contributed by atoms with Crippen LogP contribution in [0.4, 0.5) is 0 Å². The molecule has 0 aliphatic carbocycles. The summed E-state index contributed by atoms with van der Waals surface area (Å²) >= 11 is 12.0. The number of carbonyl (C=O) groups is 1. The van der Waals surface area contributed by atoms with Gasteiger partial charge < -0.3 is 10.2 Å². The van der Waals surface area contributed by atoms with Crippen LogP contribution in [0.5, 0.6) is 0 Å². The summed E-state index contributed by atoms with van der Waals surface area (Å²) in [7, 11) is 0. The Hall–Kier alpha value is -0.770. The van der Waals surface area contributed by atoms with E-state index in [0.29, 0.717) is 16.1 Å². The molecule has 0 radical (unpaired) electrons. The van der Waals surface area contributed by atoms with E-state index >= 15 is 0 Å². The second-order valence-electron chi connectivity index (χ2n) is 4.90. The van der Waals surface area contributed by atoms with Gasteiger partial charge in [0.25, 0.3) is 0 Å². The normalized spacial score (nSPS) is 16.7. The molecule has 1 N–H and O–H groups in total. The summed E-state index contributed by atoms with van der Waals surface area (Å²) in [6.07, 6.45) is 1.98. The number of hydrogen-bond acceptors (Lipinski definition) is 2. The van der Waals surface area contributed by atoms with Crippen molar-refractivity contribution in [2.75, 3.05) is 13.1 Å². The molecular formula is C14H18Cl2N2O. The highest BCUT2D eigenvalue weighted by Gasteiger charge is 2.20. The van der Waals surface area contributed by atoms with Crippen LogP contribution >= 0.6 is 23.2 Å². The lowest BCUT2D eigenvalue weighted by Crippen LogP contribution is -2.43. The van der Waals surface area contributed by atoms with E-state index in [0.717, 1.165) is 38.0 Å². The van der Waals surface area contributed by atoms with Crippen LogP contribution in [0.3, 0.4) is 0 Å². The van der Waals surface area contributed by atoms with E-state index in [1.807, 2.05) is 17.0 Å². The van der Waals surface area contributed by atoms with Crippen molar-refractivity contribution in [3.8, 4) is 0 Å². The molecule has 1 fully saturated rings. The number of benzene rings is 1. The molecule has 0 atom stereocenters. The number of rotatable bonds is 3. The van der Waals surface area contributed by atoms with Crippen LogP contribution in [0.25, 0.3) is 0 Å². The van der Waals surface area contributed by atoms with Gasteiger partial charge in [-0.05, 0) is 30.5 Å². The summed E-state index contributed by atoms with van der Waals surface area (Å²) < 4.78 is 0. The summed E-state index contributed by atoms with van der Waals surface area (Å²) in [6, 6.07) is 6.01. The highest BCUT2D eigenvalue weighted by Crippen LogP contribution is 2.21. The number of amides is 1. The first-order valence-corrected chi connectivity index (χ1v) is 7.24. The quantitative estimate of drug-likeness (QED) is 0.930. The van der Waals surface area contributed by atoms with E-state index in [9.17, 15) is 4.79 Å². The standard InChI is InChI=1S/C14H18Cl2N2O/c1-10(19)18-6-4-13(5-7-18)17-9-11-2-3-12(15)8-14(11)16/h2-3,8,13,17H,4-7,9H2,1H3. The lowest BCUT2D eigenvalue weighted by atomic mass is 10.0. The van der Waals surface area contributed by atoms with Crippen LogP contribution in [-0.2, 0) is 11.3 Å². The van der Waals surface area contributed by atoms with Gasteiger partial charge >= 0.3 is 0 Å². The Morgan fingerprint density at radius 3 is 2.63 bits per heavy atom. The Bertz CT molecular complexity index is 457. The third kappa shape index (κ3) is 4.10. The maximum atomic E-state index is 11.2. The minimum atomic E-state index is 0.166. The molecule has 1 aromatic carbocycles. The fraction of sp³-hybridized carbons (Fsp3) is 0.500. The molecule has 1 amide bonds. The molecule has 0 spiro atoms. The molecule has 1 saturated heterocycles. The van der Waals surface area contributed by atoms with Gasteiger partial charge in [-0.1, -0.05) is 29.3 Å². The highest BCUT2D eigenvalue weighted by atomic mass is 35.5. The molecule has 0 aromatic heterocycles. The number of piperidine rings is 1. The zero-order chi connectivity index (χ0) is 13.8. The van der Waals surface area contributed by atoms with Gasteiger partial charge in [0.15, 0.2) is 0 Å². The fourth-order valence-electron chi connectivity index (χ4n) is 2.32. The second kappa shape index (κ2) is 6.60. The van der Waals surface area contributed by atoms with Crippen molar-refractivity contribution in [2.45, 2.75) is 32.4 Å². The van der Waals surface area contributed by atoms with Crippen molar-refractivity contribution in [3.63, 3.8) is 0 Å². The smallest absolute Gasteiger partial charge is 0.219 e. The Morgan fingerprint density at radius 2 is 2.05 bits per heavy atom. The van der Waals surface area contributed by atoms with Gasteiger partial charge in [-0.15, -0.1) is 0 Å². The topological polar surface area (TPSA) is 32.3 Å². The first-order valence-electron chi connectivity index (χ1n) is 6.49. The number of hydrogen-bond donors (Lipinski definition) is 1. The Morgan fingerprint density at radius 1 is 1.37 bits per heavy atom. The van der Waals surface area contributed by atoms with E-state index < -0.39 is 0 Å². The minimum absolute atomic E-state index is 0.166. The molecule has 3 nitrogen and oxygen atoms in total. The number of halogens is 2. The summed E-state index contributed by atoms with van der Waals surface area (Å²) in [5.41, 5.74) is 1.06. The monoisotopic (exact) mass is 300 g/mol. The summed E-state index contributed by atoms with van der Waals surface area (Å²) in [4.78, 5) is 13.1. The van der Waals surface area contributed by atoms with E-state index in [2.05, 4.69) is 5.32 Å². The molecule has 0 unspecified atom stereocenters. The SMILES string of the molecule is CC(=O)N1CCC(NCc2ccc(Cl)cc2Cl)CC1. The number of likely N-dealkylation sites (tertiary alicyclic amines) is 1. The van der Waals surface area contributed by atoms with Crippen LogP contribution in [0.15, 0.2) is 18.2 Å². The van der Waals surface area contributed by atoms with Crippen LogP contribution < -0.4 is 5.32 Å². The van der Waals surface area contributed by atoms with Crippen LogP contribution in [0, 0.1) is 0 Å². The largest absolute Gasteiger partial charge is 0.343 e. The lowest BCUT2D eigenvalue weighted by molar-refractivity contribution is -0.129. The Labute approximate surface area is 123 Å². The predicted octanol–water partition coefficient (Wildman–Crippen LogP) is 3.09. The highest BCUT2D eigenvalue weighted by molar-refractivity contribution is 6.35. The van der Waals surface area contributed by atoms with Crippen LogP contribution in [0.2, 0.25) is 10.0 Å². The molecule has 1 aliphatic rings. The fourth-order valence-corrected chi connectivity index (χ4v) is 2.79. The molecule has 5 heteroatoms. The zero-order valence-electron chi connectivity index (χ0n) is 11.0. The van der Waals surface area contributed by atoms with E-state index in [4.69, 9.17) is 23.2 Å². The molecule has 1 aromatic rings. The van der Waals surface area contributed by atoms with Gasteiger partial charge in [-0.3, -0.25) is 4.79 Å². The van der Waals surface area contributed by atoms with Gasteiger partial charge in [0.1, 0.15) is 0 Å². The van der Waals surface area contributed by atoms with Crippen LogP contribution in [-0.4, -0.2) is 29.9 Å². The maximum absolute atomic E-state index is 11.2. The summed E-state index contributed by atoms with van der Waals surface area (Å²) in [5.74, 6) is 0.166. The average molecular weight is 301 g/mol. The van der Waals surface area contributed by atoms with Gasteiger partial charge in [0.05, 0.1) is 0 Å². The number of nitrogens with zero attached hydrogens (tertiary/aromatic N) is 1. The van der Waals surface area contributed by atoms with Crippen molar-refractivity contribution in [3.05, 3.63) is 33.8 Å². The van der Waals surface area contributed by atoms with Gasteiger partial charge in [0.2, 0.25) is 5.91 Å². The van der Waals surface area contributed by atoms with Gasteiger partial charge in [-0.25, -0.2) is 0 Å². The summed E-state index contributed by atoms with van der Waals surface area (Å²) in [6.45, 7) is 4.03. The first-order chi connectivity index (χ1) is 9.06.